The minimum absolute atomic E-state index is 0.719. The lowest BCUT2D eigenvalue weighted by atomic mass is 9.98. The van der Waals surface area contributed by atoms with Crippen molar-refractivity contribution >= 4 is 12.0 Å². The lowest BCUT2D eigenvalue weighted by Gasteiger charge is -2.09. The molecule has 20 heavy (non-hydrogen) atoms. The van der Waals surface area contributed by atoms with Crippen molar-refractivity contribution in [2.24, 2.45) is 0 Å². The molecule has 0 aliphatic heterocycles. The number of aryl methyl sites for hydroxylation is 1. The Balaban J connectivity index is 2.15. The Morgan fingerprint density at radius 3 is 2.40 bits per heavy atom. The molecule has 2 rings (SSSR count). The quantitative estimate of drug-likeness (QED) is 0.625. The van der Waals surface area contributed by atoms with Crippen molar-refractivity contribution in [3.8, 4) is 11.1 Å². The molecule has 104 valence electrons. The molecule has 0 radical (unpaired) electrons. The molecule has 0 atom stereocenters. The SMILES string of the molecule is CNCCNc1ccc(-c2ccc(C=O)cc2C)cc1. The van der Waals surface area contributed by atoms with E-state index in [-0.39, 0.29) is 0 Å². The van der Waals surface area contributed by atoms with Crippen molar-refractivity contribution in [1.29, 1.82) is 0 Å². The van der Waals surface area contributed by atoms with Crippen LogP contribution in [0.25, 0.3) is 11.1 Å². The van der Waals surface area contributed by atoms with Crippen LogP contribution in [0.15, 0.2) is 42.5 Å². The molecule has 2 aromatic rings. The number of hydrogen-bond acceptors (Lipinski definition) is 3. The van der Waals surface area contributed by atoms with Gasteiger partial charge in [-0.3, -0.25) is 4.79 Å². The highest BCUT2D eigenvalue weighted by molar-refractivity contribution is 5.78. The monoisotopic (exact) mass is 268 g/mol. The van der Waals surface area contributed by atoms with Crippen LogP contribution in [0.4, 0.5) is 5.69 Å². The Kier molecular flexibility index (Phi) is 4.91. The van der Waals surface area contributed by atoms with Gasteiger partial charge in [-0.1, -0.05) is 24.3 Å². The fourth-order valence-corrected chi connectivity index (χ4v) is 2.18. The average molecular weight is 268 g/mol. The predicted molar refractivity (Wildman–Crippen MR) is 84.4 cm³/mol. The molecule has 0 spiro atoms. The van der Waals surface area contributed by atoms with Gasteiger partial charge in [0.2, 0.25) is 0 Å². The summed E-state index contributed by atoms with van der Waals surface area (Å²) >= 11 is 0. The van der Waals surface area contributed by atoms with Crippen molar-refractivity contribution in [1.82, 2.24) is 5.32 Å². The number of carbonyl (C=O) groups is 1. The molecule has 2 aromatic carbocycles. The van der Waals surface area contributed by atoms with Gasteiger partial charge in [0.05, 0.1) is 0 Å². The van der Waals surface area contributed by atoms with Crippen LogP contribution in [0, 0.1) is 6.92 Å². The normalized spacial score (nSPS) is 10.3. The van der Waals surface area contributed by atoms with Gasteiger partial charge in [0.25, 0.3) is 0 Å². The summed E-state index contributed by atoms with van der Waals surface area (Å²) in [4.78, 5) is 10.8. The zero-order chi connectivity index (χ0) is 14.4. The van der Waals surface area contributed by atoms with Gasteiger partial charge in [0, 0.05) is 24.3 Å². The van der Waals surface area contributed by atoms with E-state index in [1.165, 1.54) is 5.56 Å². The molecule has 0 aliphatic rings. The third kappa shape index (κ3) is 3.45. The maximum Gasteiger partial charge on any atom is 0.150 e. The molecule has 0 aromatic heterocycles. The fourth-order valence-electron chi connectivity index (χ4n) is 2.18. The maximum atomic E-state index is 10.8. The molecular formula is C17H20N2O. The van der Waals surface area contributed by atoms with Crippen LogP contribution in [0.1, 0.15) is 15.9 Å². The Hall–Kier alpha value is -2.13. The number of hydrogen-bond donors (Lipinski definition) is 2. The smallest absolute Gasteiger partial charge is 0.150 e. The summed E-state index contributed by atoms with van der Waals surface area (Å²) in [6.07, 6.45) is 0.881. The largest absolute Gasteiger partial charge is 0.384 e. The summed E-state index contributed by atoms with van der Waals surface area (Å²) in [6, 6.07) is 14.1. The Labute approximate surface area is 120 Å². The van der Waals surface area contributed by atoms with E-state index in [4.69, 9.17) is 0 Å². The number of carbonyl (C=O) groups excluding carboxylic acids is 1. The Morgan fingerprint density at radius 1 is 1.05 bits per heavy atom. The van der Waals surface area contributed by atoms with Crippen molar-refractivity contribution in [2.75, 3.05) is 25.5 Å². The average Bonchev–Trinajstić information content (AvgIpc) is 2.48. The molecule has 0 unspecified atom stereocenters. The number of rotatable bonds is 6. The van der Waals surface area contributed by atoms with Crippen molar-refractivity contribution in [2.45, 2.75) is 6.92 Å². The zero-order valence-corrected chi connectivity index (χ0v) is 11.9. The molecule has 0 heterocycles. The molecule has 0 amide bonds. The topological polar surface area (TPSA) is 41.1 Å². The first-order chi connectivity index (χ1) is 9.74. The molecule has 0 fully saturated rings. The second-order valence-corrected chi connectivity index (χ2v) is 4.80. The third-order valence-corrected chi connectivity index (χ3v) is 3.29. The minimum Gasteiger partial charge on any atom is -0.384 e. The molecule has 0 saturated carbocycles. The van der Waals surface area contributed by atoms with E-state index in [0.29, 0.717) is 0 Å². The minimum atomic E-state index is 0.719. The van der Waals surface area contributed by atoms with E-state index >= 15 is 0 Å². The molecule has 2 N–H and O–H groups in total. The lowest BCUT2D eigenvalue weighted by molar-refractivity contribution is 0.112. The van der Waals surface area contributed by atoms with E-state index < -0.39 is 0 Å². The first-order valence-electron chi connectivity index (χ1n) is 6.79. The second-order valence-electron chi connectivity index (χ2n) is 4.80. The van der Waals surface area contributed by atoms with Crippen LogP contribution in [0.2, 0.25) is 0 Å². The van der Waals surface area contributed by atoms with E-state index in [1.54, 1.807) is 0 Å². The van der Waals surface area contributed by atoms with Gasteiger partial charge in [-0.15, -0.1) is 0 Å². The van der Waals surface area contributed by atoms with Crippen molar-refractivity contribution < 1.29 is 4.79 Å². The number of benzene rings is 2. The summed E-state index contributed by atoms with van der Waals surface area (Å²) in [5.41, 5.74) is 5.28. The number of anilines is 1. The lowest BCUT2D eigenvalue weighted by Crippen LogP contribution is -2.17. The fraction of sp³-hybridized carbons (Fsp3) is 0.235. The summed E-state index contributed by atoms with van der Waals surface area (Å²) < 4.78 is 0. The van der Waals surface area contributed by atoms with Gasteiger partial charge < -0.3 is 10.6 Å². The highest BCUT2D eigenvalue weighted by atomic mass is 16.1. The molecule has 3 heteroatoms. The van der Waals surface area contributed by atoms with Crippen LogP contribution in [-0.2, 0) is 0 Å². The highest BCUT2D eigenvalue weighted by Gasteiger charge is 2.03. The van der Waals surface area contributed by atoms with Crippen LogP contribution in [-0.4, -0.2) is 26.4 Å². The molecule has 0 aliphatic carbocycles. The summed E-state index contributed by atoms with van der Waals surface area (Å²) in [7, 11) is 1.94. The molecule has 3 nitrogen and oxygen atoms in total. The third-order valence-electron chi connectivity index (χ3n) is 3.29. The Bertz CT molecular complexity index is 576. The summed E-state index contributed by atoms with van der Waals surface area (Å²) in [5, 5.41) is 6.45. The standard InChI is InChI=1S/C17H20N2O/c1-13-11-14(12-20)3-8-17(13)15-4-6-16(7-5-15)19-10-9-18-2/h3-8,11-12,18-19H,9-10H2,1-2H3. The van der Waals surface area contributed by atoms with E-state index in [2.05, 4.69) is 34.9 Å². The predicted octanol–water partition coefficient (Wildman–Crippen LogP) is 3.11. The molecular weight excluding hydrogens is 248 g/mol. The van der Waals surface area contributed by atoms with Gasteiger partial charge in [-0.05, 0) is 48.9 Å². The first-order valence-corrected chi connectivity index (χ1v) is 6.79. The van der Waals surface area contributed by atoms with Crippen LogP contribution in [0.3, 0.4) is 0 Å². The zero-order valence-electron chi connectivity index (χ0n) is 11.9. The Morgan fingerprint density at radius 2 is 1.80 bits per heavy atom. The number of nitrogens with one attached hydrogen (secondary N) is 2. The maximum absolute atomic E-state index is 10.8. The van der Waals surface area contributed by atoms with Crippen molar-refractivity contribution in [3.05, 3.63) is 53.6 Å². The van der Waals surface area contributed by atoms with Crippen LogP contribution in [0.5, 0.6) is 0 Å². The molecule has 0 saturated heterocycles. The van der Waals surface area contributed by atoms with Crippen LogP contribution < -0.4 is 10.6 Å². The van der Waals surface area contributed by atoms with Crippen LogP contribution >= 0.6 is 0 Å². The molecule has 0 bridgehead atoms. The van der Waals surface area contributed by atoms with Gasteiger partial charge in [-0.25, -0.2) is 0 Å². The van der Waals surface area contributed by atoms with Gasteiger partial charge in [-0.2, -0.15) is 0 Å². The van der Waals surface area contributed by atoms with E-state index in [0.717, 1.165) is 41.8 Å². The van der Waals surface area contributed by atoms with E-state index in [1.807, 2.05) is 32.2 Å². The highest BCUT2D eigenvalue weighted by Crippen LogP contribution is 2.25. The van der Waals surface area contributed by atoms with Gasteiger partial charge in [0.1, 0.15) is 6.29 Å². The first kappa shape index (κ1) is 14.3. The number of likely N-dealkylation sites (N-methyl/N-ethyl adjacent to an activating group) is 1. The van der Waals surface area contributed by atoms with Gasteiger partial charge in [0.15, 0.2) is 0 Å². The van der Waals surface area contributed by atoms with Crippen molar-refractivity contribution in [3.63, 3.8) is 0 Å². The number of aldehydes is 1. The second kappa shape index (κ2) is 6.87. The summed E-state index contributed by atoms with van der Waals surface area (Å²) in [5.74, 6) is 0. The van der Waals surface area contributed by atoms with E-state index in [9.17, 15) is 4.79 Å². The van der Waals surface area contributed by atoms with Gasteiger partial charge >= 0.3 is 0 Å². The summed E-state index contributed by atoms with van der Waals surface area (Å²) in [6.45, 7) is 3.87.